The first-order valence-corrected chi connectivity index (χ1v) is 8.35. The molecule has 1 amide bonds. The molecule has 0 spiro atoms. The number of nitrogens with one attached hydrogen (secondary N) is 2. The minimum atomic E-state index is -0.0545. The van der Waals surface area contributed by atoms with E-state index in [0.29, 0.717) is 29.5 Å². The summed E-state index contributed by atoms with van der Waals surface area (Å²) >= 11 is 6.09. The number of amides is 1. The quantitative estimate of drug-likeness (QED) is 0.765. The highest BCUT2D eigenvalue weighted by Crippen LogP contribution is 2.35. The van der Waals surface area contributed by atoms with E-state index in [4.69, 9.17) is 21.1 Å². The number of methoxy groups -OCH3 is 2. The van der Waals surface area contributed by atoms with Crippen LogP contribution in [0, 0.1) is 13.8 Å². The summed E-state index contributed by atoms with van der Waals surface area (Å²) in [6, 6.07) is 9.41. The number of rotatable bonds is 7. The van der Waals surface area contributed by atoms with E-state index in [2.05, 4.69) is 10.6 Å². The Hall–Kier alpha value is -2.40. The molecule has 2 N–H and O–H groups in total. The van der Waals surface area contributed by atoms with Gasteiger partial charge in [-0.2, -0.15) is 0 Å². The highest BCUT2D eigenvalue weighted by Gasteiger charge is 2.11. The number of carbonyl (C=O) groups excluding carboxylic acids is 1. The topological polar surface area (TPSA) is 59.6 Å². The second kappa shape index (κ2) is 8.62. The van der Waals surface area contributed by atoms with E-state index in [1.54, 1.807) is 26.4 Å². The van der Waals surface area contributed by atoms with Crippen LogP contribution in [0.2, 0.25) is 5.02 Å². The van der Waals surface area contributed by atoms with Crippen molar-refractivity contribution >= 4 is 28.9 Å². The molecule has 0 bridgehead atoms. The van der Waals surface area contributed by atoms with Crippen LogP contribution < -0.4 is 20.1 Å². The van der Waals surface area contributed by atoms with Crippen molar-refractivity contribution in [1.82, 2.24) is 0 Å². The third-order valence-corrected chi connectivity index (χ3v) is 4.10. The van der Waals surface area contributed by atoms with E-state index in [1.807, 2.05) is 32.0 Å². The molecule has 0 aliphatic carbocycles. The molecule has 6 heteroatoms. The summed E-state index contributed by atoms with van der Waals surface area (Å²) in [6.45, 7) is 4.42. The van der Waals surface area contributed by atoms with Crippen LogP contribution in [0.3, 0.4) is 0 Å². The van der Waals surface area contributed by atoms with Gasteiger partial charge in [-0.15, -0.1) is 0 Å². The maximum Gasteiger partial charge on any atom is 0.226 e. The maximum atomic E-state index is 12.2. The van der Waals surface area contributed by atoms with Gasteiger partial charge in [0.1, 0.15) is 11.5 Å². The van der Waals surface area contributed by atoms with Gasteiger partial charge in [0.25, 0.3) is 0 Å². The van der Waals surface area contributed by atoms with Crippen LogP contribution in [0.25, 0.3) is 0 Å². The van der Waals surface area contributed by atoms with E-state index < -0.39 is 0 Å². The molecule has 134 valence electrons. The molecule has 0 unspecified atom stereocenters. The Labute approximate surface area is 153 Å². The fraction of sp³-hybridized carbons (Fsp3) is 0.316. The molecular formula is C19H23ClN2O3. The number of anilines is 2. The molecule has 0 radical (unpaired) electrons. The minimum Gasteiger partial charge on any atom is -0.495 e. The lowest BCUT2D eigenvalue weighted by Gasteiger charge is -2.14. The average Bonchev–Trinajstić information content (AvgIpc) is 2.59. The Balaban J connectivity index is 1.96. The van der Waals surface area contributed by atoms with Gasteiger partial charge < -0.3 is 20.1 Å². The van der Waals surface area contributed by atoms with Crippen molar-refractivity contribution in [2.24, 2.45) is 0 Å². The van der Waals surface area contributed by atoms with E-state index in [1.165, 1.54) is 0 Å². The zero-order valence-corrected chi connectivity index (χ0v) is 15.7. The third kappa shape index (κ3) is 5.03. The summed E-state index contributed by atoms with van der Waals surface area (Å²) in [7, 11) is 3.12. The molecule has 0 heterocycles. The second-order valence-corrected chi connectivity index (χ2v) is 6.14. The molecule has 5 nitrogen and oxygen atoms in total. The number of ether oxygens (including phenoxy) is 2. The summed E-state index contributed by atoms with van der Waals surface area (Å²) in [5.74, 6) is 1.09. The zero-order chi connectivity index (χ0) is 18.4. The number of carbonyl (C=O) groups is 1. The monoisotopic (exact) mass is 362 g/mol. The highest BCUT2D eigenvalue weighted by molar-refractivity contribution is 6.32. The van der Waals surface area contributed by atoms with Gasteiger partial charge in [-0.3, -0.25) is 4.79 Å². The van der Waals surface area contributed by atoms with Crippen molar-refractivity contribution in [3.8, 4) is 11.5 Å². The molecule has 0 aromatic heterocycles. The number of hydrogen-bond acceptors (Lipinski definition) is 4. The highest BCUT2D eigenvalue weighted by atomic mass is 35.5. The summed E-state index contributed by atoms with van der Waals surface area (Å²) < 4.78 is 10.5. The van der Waals surface area contributed by atoms with E-state index in [0.717, 1.165) is 22.5 Å². The fourth-order valence-corrected chi connectivity index (χ4v) is 2.62. The van der Waals surface area contributed by atoms with Gasteiger partial charge in [-0.05, 0) is 31.0 Å². The molecule has 0 saturated heterocycles. The standard InChI is InChI=1S/C19H23ClN2O3/c1-12-5-6-13(2)15(9-12)22-19(23)7-8-21-16-11-17(24-3)14(20)10-18(16)25-4/h5-6,9-11,21H,7-8H2,1-4H3,(H,22,23). The summed E-state index contributed by atoms with van der Waals surface area (Å²) in [4.78, 5) is 12.2. The van der Waals surface area contributed by atoms with Crippen LogP contribution in [0.1, 0.15) is 17.5 Å². The molecule has 2 rings (SSSR count). The smallest absolute Gasteiger partial charge is 0.226 e. The molecule has 0 aliphatic heterocycles. The predicted octanol–water partition coefficient (Wildman–Crippen LogP) is 4.41. The lowest BCUT2D eigenvalue weighted by molar-refractivity contribution is -0.115. The molecule has 0 fully saturated rings. The van der Waals surface area contributed by atoms with Gasteiger partial charge in [0.2, 0.25) is 5.91 Å². The van der Waals surface area contributed by atoms with E-state index in [9.17, 15) is 4.79 Å². The van der Waals surface area contributed by atoms with Crippen molar-refractivity contribution in [2.45, 2.75) is 20.3 Å². The van der Waals surface area contributed by atoms with Gasteiger partial charge in [0.15, 0.2) is 0 Å². The first-order chi connectivity index (χ1) is 11.9. The van der Waals surface area contributed by atoms with Gasteiger partial charge in [0, 0.05) is 30.8 Å². The molecule has 25 heavy (non-hydrogen) atoms. The zero-order valence-electron chi connectivity index (χ0n) is 14.9. The molecule has 0 saturated carbocycles. The van der Waals surface area contributed by atoms with Crippen LogP contribution in [0.5, 0.6) is 11.5 Å². The lowest BCUT2D eigenvalue weighted by Crippen LogP contribution is -2.17. The third-order valence-electron chi connectivity index (χ3n) is 3.81. The van der Waals surface area contributed by atoms with E-state index in [-0.39, 0.29) is 5.91 Å². The Morgan fingerprint density at radius 2 is 1.76 bits per heavy atom. The largest absolute Gasteiger partial charge is 0.495 e. The van der Waals surface area contributed by atoms with Gasteiger partial charge in [-0.25, -0.2) is 0 Å². The molecule has 2 aromatic carbocycles. The van der Waals surface area contributed by atoms with Crippen molar-refractivity contribution in [3.63, 3.8) is 0 Å². The van der Waals surface area contributed by atoms with Crippen LogP contribution in [0.4, 0.5) is 11.4 Å². The number of hydrogen-bond donors (Lipinski definition) is 2. The first kappa shape index (κ1) is 18.9. The molecular weight excluding hydrogens is 340 g/mol. The van der Waals surface area contributed by atoms with Crippen LogP contribution >= 0.6 is 11.6 Å². The van der Waals surface area contributed by atoms with Crippen LogP contribution in [0.15, 0.2) is 30.3 Å². The Bertz CT molecular complexity index is 763. The lowest BCUT2D eigenvalue weighted by atomic mass is 10.1. The molecule has 2 aromatic rings. The van der Waals surface area contributed by atoms with Crippen molar-refractivity contribution in [3.05, 3.63) is 46.5 Å². The molecule has 0 aliphatic rings. The summed E-state index contributed by atoms with van der Waals surface area (Å²) in [5, 5.41) is 6.60. The van der Waals surface area contributed by atoms with Crippen molar-refractivity contribution in [1.29, 1.82) is 0 Å². The average molecular weight is 363 g/mol. The van der Waals surface area contributed by atoms with Crippen LogP contribution in [-0.4, -0.2) is 26.7 Å². The Morgan fingerprint density at radius 3 is 2.44 bits per heavy atom. The van der Waals surface area contributed by atoms with Gasteiger partial charge >= 0.3 is 0 Å². The maximum absolute atomic E-state index is 12.2. The normalized spacial score (nSPS) is 10.3. The van der Waals surface area contributed by atoms with Gasteiger partial charge in [-0.1, -0.05) is 23.7 Å². The summed E-state index contributed by atoms with van der Waals surface area (Å²) in [5.41, 5.74) is 3.71. The molecule has 0 atom stereocenters. The van der Waals surface area contributed by atoms with E-state index >= 15 is 0 Å². The SMILES string of the molecule is COc1cc(NCCC(=O)Nc2cc(C)ccc2C)c(OC)cc1Cl. The van der Waals surface area contributed by atoms with Crippen LogP contribution in [-0.2, 0) is 4.79 Å². The minimum absolute atomic E-state index is 0.0545. The first-order valence-electron chi connectivity index (χ1n) is 7.97. The predicted molar refractivity (Wildman–Crippen MR) is 102 cm³/mol. The Morgan fingerprint density at radius 1 is 1.04 bits per heavy atom. The number of aryl methyl sites for hydroxylation is 2. The van der Waals surface area contributed by atoms with Gasteiger partial charge in [0.05, 0.1) is 24.9 Å². The summed E-state index contributed by atoms with van der Waals surface area (Å²) in [6.07, 6.45) is 0.321. The second-order valence-electron chi connectivity index (χ2n) is 5.73. The Kier molecular flexibility index (Phi) is 6.53. The number of halogens is 1. The van der Waals surface area contributed by atoms with Crippen molar-refractivity contribution in [2.75, 3.05) is 31.4 Å². The number of benzene rings is 2. The van der Waals surface area contributed by atoms with Crippen molar-refractivity contribution < 1.29 is 14.3 Å². The fourth-order valence-electron chi connectivity index (χ4n) is 2.39.